The molecule has 134 valence electrons. The standard InChI is InChI=1S/C21H22O4P/c1-16-10-4-7-13-19(16)23-26(22,24-20-14-8-5-11-17(20)2)25-21-15-9-6-12-18(21)3/h4-15,22H,1-3H3/q+1. The van der Waals surface area contributed by atoms with E-state index in [-0.39, 0.29) is 0 Å². The predicted molar refractivity (Wildman–Crippen MR) is 105 cm³/mol. The number of benzene rings is 3. The Balaban J connectivity index is 1.96. The molecule has 26 heavy (non-hydrogen) atoms. The predicted octanol–water partition coefficient (Wildman–Crippen LogP) is 5.82. The molecular weight excluding hydrogens is 347 g/mol. The maximum absolute atomic E-state index is 11.2. The molecule has 5 heteroatoms. The largest absolute Gasteiger partial charge is 0.714 e. The molecule has 0 amide bonds. The average molecular weight is 369 g/mol. The van der Waals surface area contributed by atoms with Crippen LogP contribution in [-0.2, 0) is 0 Å². The summed E-state index contributed by atoms with van der Waals surface area (Å²) >= 11 is 0. The van der Waals surface area contributed by atoms with Crippen LogP contribution in [0.15, 0.2) is 72.8 Å². The molecule has 0 saturated carbocycles. The minimum absolute atomic E-state index is 0.519. The quantitative estimate of drug-likeness (QED) is 0.556. The number of aryl methyl sites for hydroxylation is 3. The van der Waals surface area contributed by atoms with Gasteiger partial charge < -0.3 is 0 Å². The van der Waals surface area contributed by atoms with E-state index in [1.807, 2.05) is 75.4 Å². The Morgan fingerprint density at radius 1 is 0.538 bits per heavy atom. The van der Waals surface area contributed by atoms with E-state index in [1.54, 1.807) is 18.2 Å². The van der Waals surface area contributed by atoms with Gasteiger partial charge in [0.2, 0.25) is 0 Å². The molecule has 0 aliphatic heterocycles. The van der Waals surface area contributed by atoms with Crippen LogP contribution in [0, 0.1) is 20.8 Å². The van der Waals surface area contributed by atoms with Gasteiger partial charge in [-0.2, -0.15) is 0 Å². The molecule has 0 fully saturated rings. The molecule has 3 rings (SSSR count). The molecule has 3 aromatic rings. The zero-order valence-electron chi connectivity index (χ0n) is 15.0. The minimum atomic E-state index is -3.72. The van der Waals surface area contributed by atoms with E-state index >= 15 is 0 Å². The number of rotatable bonds is 6. The molecule has 0 aromatic heterocycles. The van der Waals surface area contributed by atoms with Crippen LogP contribution in [0.5, 0.6) is 17.2 Å². The average Bonchev–Trinajstić information content (AvgIpc) is 2.61. The lowest BCUT2D eigenvalue weighted by atomic mass is 10.2. The molecule has 0 aliphatic rings. The molecule has 4 nitrogen and oxygen atoms in total. The van der Waals surface area contributed by atoms with Gasteiger partial charge in [-0.15, -0.1) is 4.89 Å². The van der Waals surface area contributed by atoms with Crippen molar-refractivity contribution in [3.05, 3.63) is 89.5 Å². The molecule has 0 heterocycles. The summed E-state index contributed by atoms with van der Waals surface area (Å²) in [6, 6.07) is 22.3. The van der Waals surface area contributed by atoms with Crippen molar-refractivity contribution in [2.75, 3.05) is 0 Å². The summed E-state index contributed by atoms with van der Waals surface area (Å²) in [5, 5.41) is 0. The van der Waals surface area contributed by atoms with Gasteiger partial charge >= 0.3 is 8.17 Å². The Hall–Kier alpha value is -2.55. The molecule has 0 bridgehead atoms. The highest BCUT2D eigenvalue weighted by molar-refractivity contribution is 7.56. The van der Waals surface area contributed by atoms with Gasteiger partial charge in [0.15, 0.2) is 17.2 Å². The monoisotopic (exact) mass is 369 g/mol. The third-order valence-electron chi connectivity index (χ3n) is 3.92. The lowest BCUT2D eigenvalue weighted by Crippen LogP contribution is -2.15. The van der Waals surface area contributed by atoms with Gasteiger partial charge in [-0.3, -0.25) is 0 Å². The second-order valence-electron chi connectivity index (χ2n) is 6.04. The third-order valence-corrected chi connectivity index (χ3v) is 5.20. The Labute approximate surface area is 154 Å². The van der Waals surface area contributed by atoms with E-state index in [1.165, 1.54) is 0 Å². The number of hydrogen-bond acceptors (Lipinski definition) is 4. The molecule has 0 unspecified atom stereocenters. The SMILES string of the molecule is Cc1ccccc1O[P+](O)(Oc1ccccc1C)Oc1ccccc1C. The second kappa shape index (κ2) is 7.77. The minimum Gasteiger partial charge on any atom is -0.247 e. The van der Waals surface area contributed by atoms with Crippen molar-refractivity contribution in [3.8, 4) is 17.2 Å². The Morgan fingerprint density at radius 3 is 1.08 bits per heavy atom. The summed E-state index contributed by atoms with van der Waals surface area (Å²) in [5.41, 5.74) is 2.65. The van der Waals surface area contributed by atoms with Crippen LogP contribution in [0.1, 0.15) is 16.7 Å². The van der Waals surface area contributed by atoms with Crippen LogP contribution < -0.4 is 13.6 Å². The van der Waals surface area contributed by atoms with Gasteiger partial charge in [0.1, 0.15) is 0 Å². The Bertz CT molecular complexity index is 779. The van der Waals surface area contributed by atoms with E-state index in [0.717, 1.165) is 16.7 Å². The normalized spacial score (nSPS) is 11.1. The van der Waals surface area contributed by atoms with E-state index < -0.39 is 8.17 Å². The lowest BCUT2D eigenvalue weighted by molar-refractivity contribution is 0.253. The van der Waals surface area contributed by atoms with E-state index in [2.05, 4.69) is 0 Å². The number of hydrogen-bond donors (Lipinski definition) is 1. The highest BCUT2D eigenvalue weighted by Crippen LogP contribution is 2.58. The van der Waals surface area contributed by atoms with E-state index in [0.29, 0.717) is 17.2 Å². The van der Waals surface area contributed by atoms with Crippen molar-refractivity contribution < 1.29 is 18.5 Å². The van der Waals surface area contributed by atoms with Crippen molar-refractivity contribution in [1.29, 1.82) is 0 Å². The first-order chi connectivity index (χ1) is 12.5. The first-order valence-electron chi connectivity index (χ1n) is 8.34. The van der Waals surface area contributed by atoms with Gasteiger partial charge in [-0.25, -0.2) is 13.6 Å². The molecule has 3 aromatic carbocycles. The third kappa shape index (κ3) is 4.34. The van der Waals surface area contributed by atoms with Crippen molar-refractivity contribution in [3.63, 3.8) is 0 Å². The smallest absolute Gasteiger partial charge is 0.247 e. The van der Waals surface area contributed by atoms with Crippen LogP contribution in [0.3, 0.4) is 0 Å². The van der Waals surface area contributed by atoms with Crippen LogP contribution in [0.25, 0.3) is 0 Å². The Kier molecular flexibility index (Phi) is 5.46. The highest BCUT2D eigenvalue weighted by Gasteiger charge is 2.51. The zero-order valence-corrected chi connectivity index (χ0v) is 15.9. The highest BCUT2D eigenvalue weighted by atomic mass is 31.2. The first-order valence-corrected chi connectivity index (χ1v) is 9.84. The van der Waals surface area contributed by atoms with Crippen LogP contribution in [0.4, 0.5) is 0 Å². The topological polar surface area (TPSA) is 47.9 Å². The van der Waals surface area contributed by atoms with Gasteiger partial charge in [0.25, 0.3) is 0 Å². The van der Waals surface area contributed by atoms with Crippen LogP contribution in [-0.4, -0.2) is 4.89 Å². The molecule has 1 N–H and O–H groups in total. The van der Waals surface area contributed by atoms with Crippen LogP contribution >= 0.6 is 8.17 Å². The fraction of sp³-hybridized carbons (Fsp3) is 0.143. The maximum atomic E-state index is 11.2. The Morgan fingerprint density at radius 2 is 0.808 bits per heavy atom. The van der Waals surface area contributed by atoms with Crippen LogP contribution in [0.2, 0.25) is 0 Å². The molecule has 0 aliphatic carbocycles. The molecule has 0 spiro atoms. The van der Waals surface area contributed by atoms with Gasteiger partial charge in [-0.05, 0) is 55.7 Å². The van der Waals surface area contributed by atoms with Gasteiger partial charge in [0, 0.05) is 0 Å². The van der Waals surface area contributed by atoms with E-state index in [4.69, 9.17) is 13.6 Å². The summed E-state index contributed by atoms with van der Waals surface area (Å²) in [6.45, 7) is 5.71. The summed E-state index contributed by atoms with van der Waals surface area (Å²) < 4.78 is 17.6. The summed E-state index contributed by atoms with van der Waals surface area (Å²) in [7, 11) is -3.72. The molecule has 0 saturated heterocycles. The fourth-order valence-corrected chi connectivity index (χ4v) is 3.88. The second-order valence-corrected chi connectivity index (χ2v) is 7.52. The van der Waals surface area contributed by atoms with Crippen molar-refractivity contribution >= 4 is 8.17 Å². The van der Waals surface area contributed by atoms with Gasteiger partial charge in [-0.1, -0.05) is 54.6 Å². The fourth-order valence-electron chi connectivity index (χ4n) is 2.41. The van der Waals surface area contributed by atoms with E-state index in [9.17, 15) is 4.89 Å². The summed E-state index contributed by atoms with van der Waals surface area (Å²) in [4.78, 5) is 11.2. The summed E-state index contributed by atoms with van der Waals surface area (Å²) in [6.07, 6.45) is 0. The lowest BCUT2D eigenvalue weighted by Gasteiger charge is -2.18. The zero-order chi connectivity index (χ0) is 18.6. The first kappa shape index (κ1) is 18.2. The molecule has 0 radical (unpaired) electrons. The molecular formula is C21H22O4P+. The van der Waals surface area contributed by atoms with Crippen molar-refractivity contribution in [1.82, 2.24) is 0 Å². The number of para-hydroxylation sites is 3. The van der Waals surface area contributed by atoms with Gasteiger partial charge in [0.05, 0.1) is 0 Å². The van der Waals surface area contributed by atoms with Crippen molar-refractivity contribution in [2.45, 2.75) is 20.8 Å². The van der Waals surface area contributed by atoms with Crippen molar-refractivity contribution in [2.24, 2.45) is 0 Å². The summed E-state index contributed by atoms with van der Waals surface area (Å²) in [5.74, 6) is 1.56. The maximum Gasteiger partial charge on any atom is 0.714 e. The molecule has 0 atom stereocenters.